The predicted octanol–water partition coefficient (Wildman–Crippen LogP) is 4.58. The average molecular weight is 313 g/mol. The number of hydrogen-bond donors (Lipinski definition) is 1. The number of thioether (sulfide) groups is 1. The van der Waals surface area contributed by atoms with E-state index in [0.29, 0.717) is 5.75 Å². The molecule has 0 aliphatic heterocycles. The quantitative estimate of drug-likeness (QED) is 0.819. The molecule has 0 bridgehead atoms. The zero-order valence-electron chi connectivity index (χ0n) is 13.6. The summed E-state index contributed by atoms with van der Waals surface area (Å²) in [4.78, 5) is 13.3. The highest BCUT2D eigenvalue weighted by Crippen LogP contribution is 2.21. The Balaban J connectivity index is 1.91. The summed E-state index contributed by atoms with van der Waals surface area (Å²) in [6.07, 6.45) is 0. The number of rotatable bonds is 5. The molecule has 0 radical (unpaired) electrons. The molecule has 0 aliphatic rings. The number of carbonyl (C=O) groups is 1. The Morgan fingerprint density at radius 3 is 2.36 bits per heavy atom. The van der Waals surface area contributed by atoms with Crippen molar-refractivity contribution in [2.24, 2.45) is 0 Å². The van der Waals surface area contributed by atoms with Crippen molar-refractivity contribution in [1.29, 1.82) is 0 Å². The minimum atomic E-state index is 0.0333. The van der Waals surface area contributed by atoms with Crippen LogP contribution in [0.5, 0.6) is 0 Å². The molecule has 0 aromatic heterocycles. The smallest absolute Gasteiger partial charge is 0.230 e. The molecule has 1 amide bonds. The average Bonchev–Trinajstić information content (AvgIpc) is 2.49. The van der Waals surface area contributed by atoms with Crippen LogP contribution in [0.4, 0.5) is 0 Å². The van der Waals surface area contributed by atoms with Crippen LogP contribution >= 0.6 is 11.8 Å². The summed E-state index contributed by atoms with van der Waals surface area (Å²) in [7, 11) is 0. The minimum Gasteiger partial charge on any atom is -0.349 e. The Hall–Kier alpha value is -1.74. The van der Waals surface area contributed by atoms with Crippen molar-refractivity contribution in [2.75, 3.05) is 5.75 Å². The normalized spacial score (nSPS) is 12.0. The fourth-order valence-corrected chi connectivity index (χ4v) is 3.08. The second-order valence-corrected chi connectivity index (χ2v) is 6.80. The van der Waals surface area contributed by atoms with Crippen LogP contribution in [0, 0.1) is 20.8 Å². The van der Waals surface area contributed by atoms with Gasteiger partial charge in [0.05, 0.1) is 11.8 Å². The SMILES string of the molecule is Cc1ccc(SCC(=O)N[C@@H](C)c2cc(C)ccc2C)cc1. The lowest BCUT2D eigenvalue weighted by atomic mass is 10.00. The Bertz CT molecular complexity index is 649. The molecule has 22 heavy (non-hydrogen) atoms. The molecule has 1 N–H and O–H groups in total. The highest BCUT2D eigenvalue weighted by molar-refractivity contribution is 8.00. The van der Waals surface area contributed by atoms with Crippen LogP contribution in [0.3, 0.4) is 0 Å². The lowest BCUT2D eigenvalue weighted by molar-refractivity contribution is -0.119. The van der Waals surface area contributed by atoms with Crippen LogP contribution in [0.25, 0.3) is 0 Å². The van der Waals surface area contributed by atoms with Crippen molar-refractivity contribution in [3.63, 3.8) is 0 Å². The third kappa shape index (κ3) is 4.63. The second kappa shape index (κ2) is 7.50. The first-order valence-corrected chi connectivity index (χ1v) is 8.50. The molecule has 3 heteroatoms. The largest absolute Gasteiger partial charge is 0.349 e. The van der Waals surface area contributed by atoms with E-state index in [4.69, 9.17) is 0 Å². The lowest BCUT2D eigenvalue weighted by Crippen LogP contribution is -2.28. The van der Waals surface area contributed by atoms with E-state index in [1.165, 1.54) is 22.3 Å². The van der Waals surface area contributed by atoms with Gasteiger partial charge in [-0.2, -0.15) is 0 Å². The van der Waals surface area contributed by atoms with Crippen molar-refractivity contribution in [1.82, 2.24) is 5.32 Å². The van der Waals surface area contributed by atoms with Gasteiger partial charge in [0, 0.05) is 4.90 Å². The van der Waals surface area contributed by atoms with Crippen LogP contribution in [0.2, 0.25) is 0 Å². The van der Waals surface area contributed by atoms with Crippen LogP contribution in [-0.4, -0.2) is 11.7 Å². The van der Waals surface area contributed by atoms with Crippen LogP contribution in [0.1, 0.15) is 35.2 Å². The fraction of sp³-hybridized carbons (Fsp3) is 0.316. The molecule has 1 atom stereocenters. The maximum absolute atomic E-state index is 12.1. The first-order chi connectivity index (χ1) is 10.5. The Labute approximate surface area is 137 Å². The van der Waals surface area contributed by atoms with Crippen LogP contribution in [0.15, 0.2) is 47.4 Å². The van der Waals surface area contributed by atoms with E-state index in [9.17, 15) is 4.79 Å². The van der Waals surface area contributed by atoms with E-state index in [1.807, 2.05) is 6.92 Å². The molecular formula is C19H23NOS. The van der Waals surface area contributed by atoms with E-state index in [0.717, 1.165) is 4.90 Å². The minimum absolute atomic E-state index is 0.0333. The summed E-state index contributed by atoms with van der Waals surface area (Å²) < 4.78 is 0. The zero-order valence-corrected chi connectivity index (χ0v) is 14.5. The Kier molecular flexibility index (Phi) is 5.67. The van der Waals surface area contributed by atoms with E-state index >= 15 is 0 Å². The number of carbonyl (C=O) groups excluding carboxylic acids is 1. The molecule has 0 spiro atoms. The molecule has 0 fully saturated rings. The molecule has 2 nitrogen and oxygen atoms in total. The number of hydrogen-bond acceptors (Lipinski definition) is 2. The number of amides is 1. The molecule has 2 aromatic carbocycles. The van der Waals surface area contributed by atoms with Gasteiger partial charge in [-0.3, -0.25) is 4.79 Å². The number of benzene rings is 2. The van der Waals surface area contributed by atoms with Crippen LogP contribution < -0.4 is 5.32 Å². The van der Waals surface area contributed by atoms with E-state index < -0.39 is 0 Å². The summed E-state index contributed by atoms with van der Waals surface area (Å²) in [5.74, 6) is 0.511. The highest BCUT2D eigenvalue weighted by Gasteiger charge is 2.12. The third-order valence-electron chi connectivity index (χ3n) is 3.67. The third-order valence-corrected chi connectivity index (χ3v) is 4.68. The van der Waals surface area contributed by atoms with Crippen molar-refractivity contribution in [3.8, 4) is 0 Å². The van der Waals surface area contributed by atoms with Crippen LogP contribution in [-0.2, 0) is 4.79 Å². The summed E-state index contributed by atoms with van der Waals surface area (Å²) in [5, 5.41) is 3.09. The fourth-order valence-electron chi connectivity index (χ4n) is 2.37. The first kappa shape index (κ1) is 16.6. The van der Waals surface area contributed by atoms with Gasteiger partial charge in [-0.15, -0.1) is 11.8 Å². The van der Waals surface area contributed by atoms with E-state index in [-0.39, 0.29) is 11.9 Å². The van der Waals surface area contributed by atoms with Gasteiger partial charge in [0.2, 0.25) is 5.91 Å². The summed E-state index contributed by atoms with van der Waals surface area (Å²) in [6.45, 7) is 8.26. The molecule has 0 heterocycles. The van der Waals surface area contributed by atoms with Gasteiger partial charge < -0.3 is 5.32 Å². The van der Waals surface area contributed by atoms with Gasteiger partial charge >= 0.3 is 0 Å². The second-order valence-electron chi connectivity index (χ2n) is 5.75. The van der Waals surface area contributed by atoms with E-state index in [2.05, 4.69) is 68.6 Å². The molecule has 2 rings (SSSR count). The van der Waals surface area contributed by atoms with Gasteiger partial charge in [-0.1, -0.05) is 41.5 Å². The monoisotopic (exact) mass is 313 g/mol. The zero-order chi connectivity index (χ0) is 16.1. The van der Waals surface area contributed by atoms with Crippen molar-refractivity contribution in [3.05, 3.63) is 64.7 Å². The Morgan fingerprint density at radius 2 is 1.68 bits per heavy atom. The molecule has 0 saturated heterocycles. The predicted molar refractivity (Wildman–Crippen MR) is 94.4 cm³/mol. The lowest BCUT2D eigenvalue weighted by Gasteiger charge is -2.17. The first-order valence-electron chi connectivity index (χ1n) is 7.51. The molecule has 2 aromatic rings. The number of aryl methyl sites for hydroxylation is 3. The van der Waals surface area contributed by atoms with Crippen molar-refractivity contribution in [2.45, 2.75) is 38.6 Å². The molecule has 0 saturated carbocycles. The molecule has 116 valence electrons. The topological polar surface area (TPSA) is 29.1 Å². The van der Waals surface area contributed by atoms with Crippen molar-refractivity contribution < 1.29 is 4.79 Å². The summed E-state index contributed by atoms with van der Waals surface area (Å²) in [6, 6.07) is 14.6. The molecular weight excluding hydrogens is 290 g/mol. The van der Waals surface area contributed by atoms with Gasteiger partial charge in [0.15, 0.2) is 0 Å². The molecule has 0 aliphatic carbocycles. The summed E-state index contributed by atoms with van der Waals surface area (Å²) in [5.41, 5.74) is 4.85. The van der Waals surface area contributed by atoms with Gasteiger partial charge in [0.1, 0.15) is 0 Å². The van der Waals surface area contributed by atoms with Crippen molar-refractivity contribution >= 4 is 17.7 Å². The Morgan fingerprint density at radius 1 is 1.05 bits per heavy atom. The van der Waals surface area contributed by atoms with E-state index in [1.54, 1.807) is 11.8 Å². The number of nitrogens with one attached hydrogen (secondary N) is 1. The maximum atomic E-state index is 12.1. The van der Waals surface area contributed by atoms with Gasteiger partial charge in [0.25, 0.3) is 0 Å². The van der Waals surface area contributed by atoms with Gasteiger partial charge in [-0.05, 0) is 51.0 Å². The highest BCUT2D eigenvalue weighted by atomic mass is 32.2. The maximum Gasteiger partial charge on any atom is 0.230 e. The van der Waals surface area contributed by atoms with Gasteiger partial charge in [-0.25, -0.2) is 0 Å². The summed E-state index contributed by atoms with van der Waals surface area (Å²) >= 11 is 1.57. The standard InChI is InChI=1S/C19H23NOS/c1-13-6-9-17(10-7-13)22-12-19(21)20-16(4)18-11-14(2)5-8-15(18)3/h5-11,16H,12H2,1-4H3,(H,20,21)/t16-/m0/s1. The molecule has 0 unspecified atom stereocenters.